The van der Waals surface area contributed by atoms with Crippen molar-refractivity contribution in [2.45, 2.75) is 52.0 Å². The molecule has 0 saturated carbocycles. The zero-order valence-electron chi connectivity index (χ0n) is 14.0. The van der Waals surface area contributed by atoms with Gasteiger partial charge in [0.1, 0.15) is 0 Å². The van der Waals surface area contributed by atoms with Crippen LogP contribution in [0.3, 0.4) is 0 Å². The first kappa shape index (κ1) is 17.0. The van der Waals surface area contributed by atoms with E-state index in [-0.39, 0.29) is 17.9 Å². The van der Waals surface area contributed by atoms with Gasteiger partial charge in [0.25, 0.3) is 0 Å². The van der Waals surface area contributed by atoms with Gasteiger partial charge in [-0.3, -0.25) is 4.79 Å². The van der Waals surface area contributed by atoms with Crippen molar-refractivity contribution >= 4 is 5.91 Å². The van der Waals surface area contributed by atoms with Gasteiger partial charge in [0.05, 0.1) is 6.04 Å². The van der Waals surface area contributed by atoms with E-state index in [1.54, 1.807) is 0 Å². The molecule has 1 aliphatic heterocycles. The summed E-state index contributed by atoms with van der Waals surface area (Å²) in [5, 5.41) is 0. The van der Waals surface area contributed by atoms with Crippen LogP contribution in [-0.4, -0.2) is 29.9 Å². The summed E-state index contributed by atoms with van der Waals surface area (Å²) >= 11 is 0. The molecule has 2 atom stereocenters. The molecule has 1 aromatic rings. The molecule has 1 saturated heterocycles. The number of hydrogen-bond donors (Lipinski definition) is 1. The Morgan fingerprint density at radius 1 is 1.27 bits per heavy atom. The van der Waals surface area contributed by atoms with Gasteiger partial charge in [-0.25, -0.2) is 0 Å². The van der Waals surface area contributed by atoms with Crippen LogP contribution in [-0.2, 0) is 11.2 Å². The van der Waals surface area contributed by atoms with E-state index in [0.717, 1.165) is 44.7 Å². The maximum Gasteiger partial charge on any atom is 0.239 e. The molecular weight excluding hydrogens is 272 g/mol. The second-order valence-electron chi connectivity index (χ2n) is 6.70. The number of nitrogens with zero attached hydrogens (tertiary/aromatic N) is 1. The third kappa shape index (κ3) is 4.57. The Morgan fingerprint density at radius 3 is 2.50 bits per heavy atom. The van der Waals surface area contributed by atoms with Gasteiger partial charge >= 0.3 is 0 Å². The number of rotatable bonds is 6. The molecule has 3 heteroatoms. The molecule has 0 bridgehead atoms. The molecule has 1 aliphatic rings. The van der Waals surface area contributed by atoms with Crippen molar-refractivity contribution in [3.63, 3.8) is 0 Å². The smallest absolute Gasteiger partial charge is 0.239 e. The summed E-state index contributed by atoms with van der Waals surface area (Å²) < 4.78 is 0. The van der Waals surface area contributed by atoms with E-state index in [9.17, 15) is 4.79 Å². The highest BCUT2D eigenvalue weighted by atomic mass is 16.2. The molecule has 122 valence electrons. The maximum absolute atomic E-state index is 12.4. The SMILES string of the molecule is CCC(C)C(N)C(=O)N1CCC(CCc2ccccc2)CC1. The summed E-state index contributed by atoms with van der Waals surface area (Å²) in [4.78, 5) is 14.4. The van der Waals surface area contributed by atoms with Crippen LogP contribution in [0.15, 0.2) is 30.3 Å². The van der Waals surface area contributed by atoms with Gasteiger partial charge in [0, 0.05) is 13.1 Å². The standard InChI is InChI=1S/C19H30N2O/c1-3-15(2)18(20)19(22)21-13-11-17(12-14-21)10-9-16-7-5-4-6-8-16/h4-8,15,17-18H,3,9-14,20H2,1-2H3. The minimum atomic E-state index is -0.328. The zero-order chi connectivity index (χ0) is 15.9. The lowest BCUT2D eigenvalue weighted by atomic mass is 9.89. The fourth-order valence-electron chi connectivity index (χ4n) is 3.17. The Balaban J connectivity index is 1.74. The predicted molar refractivity (Wildman–Crippen MR) is 91.5 cm³/mol. The third-order valence-electron chi connectivity index (χ3n) is 5.15. The number of hydrogen-bond acceptors (Lipinski definition) is 2. The van der Waals surface area contributed by atoms with Gasteiger partial charge in [-0.2, -0.15) is 0 Å². The Bertz CT molecular complexity index is 452. The summed E-state index contributed by atoms with van der Waals surface area (Å²) in [6, 6.07) is 10.3. The minimum absolute atomic E-state index is 0.149. The molecule has 2 unspecified atom stereocenters. The summed E-state index contributed by atoms with van der Waals surface area (Å²) in [5.41, 5.74) is 7.50. The molecule has 1 aromatic carbocycles. The molecule has 22 heavy (non-hydrogen) atoms. The first-order valence-corrected chi connectivity index (χ1v) is 8.70. The highest BCUT2D eigenvalue weighted by Crippen LogP contribution is 2.23. The molecule has 2 rings (SSSR count). The van der Waals surface area contributed by atoms with Crippen molar-refractivity contribution in [2.75, 3.05) is 13.1 Å². The number of carbonyl (C=O) groups is 1. The van der Waals surface area contributed by atoms with Crippen molar-refractivity contribution in [1.29, 1.82) is 0 Å². The lowest BCUT2D eigenvalue weighted by Gasteiger charge is -2.34. The molecule has 1 fully saturated rings. The highest BCUT2D eigenvalue weighted by molar-refractivity contribution is 5.82. The lowest BCUT2D eigenvalue weighted by molar-refractivity contribution is -0.135. The van der Waals surface area contributed by atoms with Gasteiger partial charge < -0.3 is 10.6 Å². The van der Waals surface area contributed by atoms with E-state index in [4.69, 9.17) is 5.73 Å². The van der Waals surface area contributed by atoms with Gasteiger partial charge in [-0.15, -0.1) is 0 Å². The molecular formula is C19H30N2O. The summed E-state index contributed by atoms with van der Waals surface area (Å²) in [6.45, 7) is 5.91. The minimum Gasteiger partial charge on any atom is -0.341 e. The summed E-state index contributed by atoms with van der Waals surface area (Å²) in [6.07, 6.45) is 5.56. The highest BCUT2D eigenvalue weighted by Gasteiger charge is 2.28. The normalized spacial score (nSPS) is 19.0. The van der Waals surface area contributed by atoms with E-state index >= 15 is 0 Å². The molecule has 0 aromatic heterocycles. The molecule has 0 spiro atoms. The van der Waals surface area contributed by atoms with Crippen LogP contribution in [0.4, 0.5) is 0 Å². The number of aryl methyl sites for hydroxylation is 1. The predicted octanol–water partition coefficient (Wildman–Crippen LogP) is 3.23. The van der Waals surface area contributed by atoms with E-state index in [1.807, 2.05) is 4.90 Å². The van der Waals surface area contributed by atoms with Crippen LogP contribution in [0, 0.1) is 11.8 Å². The van der Waals surface area contributed by atoms with E-state index in [0.29, 0.717) is 0 Å². The van der Waals surface area contributed by atoms with Gasteiger partial charge in [-0.05, 0) is 43.1 Å². The quantitative estimate of drug-likeness (QED) is 0.877. The molecule has 1 amide bonds. The average molecular weight is 302 g/mol. The van der Waals surface area contributed by atoms with Crippen LogP contribution >= 0.6 is 0 Å². The van der Waals surface area contributed by atoms with Crippen molar-refractivity contribution < 1.29 is 4.79 Å². The fourth-order valence-corrected chi connectivity index (χ4v) is 3.17. The van der Waals surface area contributed by atoms with Crippen LogP contribution in [0.5, 0.6) is 0 Å². The second-order valence-corrected chi connectivity index (χ2v) is 6.70. The Labute approximate surface area is 134 Å². The van der Waals surface area contributed by atoms with Crippen molar-refractivity contribution in [2.24, 2.45) is 17.6 Å². The first-order chi connectivity index (χ1) is 10.6. The third-order valence-corrected chi connectivity index (χ3v) is 5.15. The lowest BCUT2D eigenvalue weighted by Crippen LogP contribution is -2.49. The molecule has 1 heterocycles. The maximum atomic E-state index is 12.4. The van der Waals surface area contributed by atoms with Crippen LogP contribution in [0.25, 0.3) is 0 Å². The van der Waals surface area contributed by atoms with E-state index < -0.39 is 0 Å². The molecule has 3 nitrogen and oxygen atoms in total. The first-order valence-electron chi connectivity index (χ1n) is 8.70. The zero-order valence-corrected chi connectivity index (χ0v) is 14.0. The fraction of sp³-hybridized carbons (Fsp3) is 0.632. The van der Waals surface area contributed by atoms with Crippen molar-refractivity contribution in [1.82, 2.24) is 4.90 Å². The van der Waals surface area contributed by atoms with Gasteiger partial charge in [0.15, 0.2) is 0 Å². The molecule has 0 radical (unpaired) electrons. The van der Waals surface area contributed by atoms with Crippen LogP contribution in [0.1, 0.15) is 45.1 Å². The number of piperidine rings is 1. The van der Waals surface area contributed by atoms with Crippen LogP contribution < -0.4 is 5.73 Å². The Hall–Kier alpha value is -1.35. The summed E-state index contributed by atoms with van der Waals surface area (Å²) in [5.74, 6) is 1.16. The number of amides is 1. The Kier molecular flexibility index (Phi) is 6.44. The van der Waals surface area contributed by atoms with Crippen molar-refractivity contribution in [3.05, 3.63) is 35.9 Å². The van der Waals surface area contributed by atoms with E-state index in [2.05, 4.69) is 44.2 Å². The monoisotopic (exact) mass is 302 g/mol. The topological polar surface area (TPSA) is 46.3 Å². The van der Waals surface area contributed by atoms with Crippen molar-refractivity contribution in [3.8, 4) is 0 Å². The van der Waals surface area contributed by atoms with Gasteiger partial charge in [-0.1, -0.05) is 50.6 Å². The largest absolute Gasteiger partial charge is 0.341 e. The average Bonchev–Trinajstić information content (AvgIpc) is 2.59. The molecule has 2 N–H and O–H groups in total. The molecule has 0 aliphatic carbocycles. The number of nitrogens with two attached hydrogens (primary N) is 1. The van der Waals surface area contributed by atoms with E-state index in [1.165, 1.54) is 12.0 Å². The second kappa shape index (κ2) is 8.33. The van der Waals surface area contributed by atoms with Gasteiger partial charge in [0.2, 0.25) is 5.91 Å². The number of likely N-dealkylation sites (tertiary alicyclic amines) is 1. The number of benzene rings is 1. The number of carbonyl (C=O) groups excluding carboxylic acids is 1. The Morgan fingerprint density at radius 2 is 1.91 bits per heavy atom. The van der Waals surface area contributed by atoms with Crippen LogP contribution in [0.2, 0.25) is 0 Å². The summed E-state index contributed by atoms with van der Waals surface area (Å²) in [7, 11) is 0.